The van der Waals surface area contributed by atoms with Crippen molar-refractivity contribution in [3.8, 4) is 5.75 Å². The highest BCUT2D eigenvalue weighted by atomic mass is 16.5. The van der Waals surface area contributed by atoms with E-state index >= 15 is 0 Å². The highest BCUT2D eigenvalue weighted by Gasteiger charge is 2.16. The molecule has 1 amide bonds. The average molecular weight is 467 g/mol. The Bertz CT molecular complexity index is 1450. The number of rotatable bonds is 8. The van der Waals surface area contributed by atoms with Crippen molar-refractivity contribution in [3.05, 3.63) is 113 Å². The number of nitrogens with one attached hydrogen (secondary N) is 1. The third-order valence-corrected chi connectivity index (χ3v) is 5.69. The summed E-state index contributed by atoms with van der Waals surface area (Å²) in [6.45, 7) is 5.25. The molecule has 35 heavy (non-hydrogen) atoms. The number of benzene rings is 2. The summed E-state index contributed by atoms with van der Waals surface area (Å²) in [5, 5.41) is 11.3. The van der Waals surface area contributed by atoms with Gasteiger partial charge in [0.2, 0.25) is 0 Å². The fraction of sp³-hybridized carbons (Fsp3) is 0.185. The van der Waals surface area contributed by atoms with Gasteiger partial charge in [0.05, 0.1) is 18.4 Å². The number of aromatic nitrogens is 5. The van der Waals surface area contributed by atoms with Gasteiger partial charge in [-0.15, -0.1) is 5.10 Å². The Kier molecular flexibility index (Phi) is 6.26. The van der Waals surface area contributed by atoms with Crippen LogP contribution in [0.5, 0.6) is 5.75 Å². The fourth-order valence-electron chi connectivity index (χ4n) is 3.92. The van der Waals surface area contributed by atoms with E-state index in [0.29, 0.717) is 31.1 Å². The minimum atomic E-state index is -0.153. The normalized spacial score (nSPS) is 11.0. The Hall–Kier alpha value is -4.46. The van der Waals surface area contributed by atoms with E-state index < -0.39 is 0 Å². The van der Waals surface area contributed by atoms with Gasteiger partial charge in [-0.05, 0) is 48.7 Å². The zero-order valence-corrected chi connectivity index (χ0v) is 19.7. The number of carbonyl (C=O) groups excluding carboxylic acids is 1. The van der Waals surface area contributed by atoms with Crippen LogP contribution < -0.4 is 10.1 Å². The van der Waals surface area contributed by atoms with E-state index in [9.17, 15) is 4.79 Å². The molecule has 0 saturated heterocycles. The lowest BCUT2D eigenvalue weighted by Gasteiger charge is -2.08. The first-order valence-corrected chi connectivity index (χ1v) is 11.4. The first-order valence-electron chi connectivity index (χ1n) is 11.4. The molecule has 8 nitrogen and oxygen atoms in total. The number of carbonyl (C=O) groups is 1. The molecular formula is C27H26N6O2. The quantitative estimate of drug-likeness (QED) is 0.372. The molecule has 0 saturated carbocycles. The summed E-state index contributed by atoms with van der Waals surface area (Å²) < 4.78 is 9.49. The van der Waals surface area contributed by atoms with Crippen LogP contribution >= 0.6 is 0 Å². The molecule has 0 unspecified atom stereocenters. The largest absolute Gasteiger partial charge is 0.487 e. The van der Waals surface area contributed by atoms with E-state index in [4.69, 9.17) is 4.74 Å². The van der Waals surface area contributed by atoms with Gasteiger partial charge >= 0.3 is 0 Å². The molecule has 0 aliphatic rings. The number of imidazole rings is 1. The number of hydrogen-bond donors (Lipinski definition) is 1. The second-order valence-electron chi connectivity index (χ2n) is 8.49. The molecule has 5 aromatic rings. The van der Waals surface area contributed by atoms with E-state index in [1.54, 1.807) is 4.68 Å². The van der Waals surface area contributed by atoms with E-state index in [1.165, 1.54) is 5.56 Å². The summed E-state index contributed by atoms with van der Waals surface area (Å²) in [6, 6.07) is 21.7. The van der Waals surface area contributed by atoms with Gasteiger partial charge in [0.1, 0.15) is 29.4 Å². The molecule has 0 spiro atoms. The molecule has 5 rings (SSSR count). The summed E-state index contributed by atoms with van der Waals surface area (Å²) in [6.07, 6.45) is 3.82. The summed E-state index contributed by atoms with van der Waals surface area (Å²) >= 11 is 0. The maximum absolute atomic E-state index is 12.9. The second-order valence-corrected chi connectivity index (χ2v) is 8.49. The third kappa shape index (κ3) is 5.22. The molecule has 3 aromatic heterocycles. The molecule has 0 aliphatic heterocycles. The molecule has 3 heterocycles. The summed E-state index contributed by atoms with van der Waals surface area (Å²) in [4.78, 5) is 17.3. The third-order valence-electron chi connectivity index (χ3n) is 5.69. The van der Waals surface area contributed by atoms with Crippen LogP contribution in [0.15, 0.2) is 79.1 Å². The van der Waals surface area contributed by atoms with Crippen molar-refractivity contribution in [1.82, 2.24) is 29.7 Å². The van der Waals surface area contributed by atoms with Crippen LogP contribution in [0.2, 0.25) is 0 Å². The van der Waals surface area contributed by atoms with Crippen LogP contribution in [-0.4, -0.2) is 30.3 Å². The molecule has 8 heteroatoms. The summed E-state index contributed by atoms with van der Waals surface area (Å²) in [7, 11) is 0. The van der Waals surface area contributed by atoms with Crippen molar-refractivity contribution < 1.29 is 9.53 Å². The Labute approximate surface area is 203 Å². The van der Waals surface area contributed by atoms with Crippen LogP contribution in [0.4, 0.5) is 0 Å². The number of pyridine rings is 1. The zero-order chi connectivity index (χ0) is 24.2. The van der Waals surface area contributed by atoms with Crippen molar-refractivity contribution in [3.63, 3.8) is 0 Å². The molecule has 0 bridgehead atoms. The first kappa shape index (κ1) is 22.3. The van der Waals surface area contributed by atoms with Crippen molar-refractivity contribution >= 4 is 11.6 Å². The lowest BCUT2D eigenvalue weighted by Crippen LogP contribution is -2.25. The Morgan fingerprint density at radius 3 is 2.54 bits per heavy atom. The molecule has 1 N–H and O–H groups in total. The minimum absolute atomic E-state index is 0.153. The maximum atomic E-state index is 12.9. The van der Waals surface area contributed by atoms with Crippen LogP contribution in [0.1, 0.15) is 38.6 Å². The zero-order valence-electron chi connectivity index (χ0n) is 19.7. The van der Waals surface area contributed by atoms with Gasteiger partial charge in [-0.3, -0.25) is 9.20 Å². The number of hydrogen-bond acceptors (Lipinski definition) is 5. The number of ether oxygens (including phenoxy) is 1. The van der Waals surface area contributed by atoms with Crippen LogP contribution in [0, 0.1) is 13.8 Å². The Balaban J connectivity index is 1.15. The number of fused-ring (bicyclic) bond motifs is 1. The van der Waals surface area contributed by atoms with E-state index in [-0.39, 0.29) is 5.91 Å². The van der Waals surface area contributed by atoms with Gasteiger partial charge in [-0.1, -0.05) is 53.7 Å². The average Bonchev–Trinajstić information content (AvgIpc) is 3.45. The topological polar surface area (TPSA) is 86.3 Å². The highest BCUT2D eigenvalue weighted by molar-refractivity contribution is 5.94. The highest BCUT2D eigenvalue weighted by Crippen LogP contribution is 2.16. The lowest BCUT2D eigenvalue weighted by molar-refractivity contribution is 0.0944. The van der Waals surface area contributed by atoms with Gasteiger partial charge < -0.3 is 10.1 Å². The van der Waals surface area contributed by atoms with E-state index in [1.807, 2.05) is 85.2 Å². The predicted octanol–water partition coefficient (Wildman–Crippen LogP) is 4.10. The van der Waals surface area contributed by atoms with Gasteiger partial charge in [0.15, 0.2) is 0 Å². The molecule has 0 aliphatic carbocycles. The Morgan fingerprint density at radius 2 is 1.74 bits per heavy atom. The van der Waals surface area contributed by atoms with Gasteiger partial charge in [0.25, 0.3) is 5.91 Å². The van der Waals surface area contributed by atoms with Gasteiger partial charge in [-0.2, -0.15) is 0 Å². The maximum Gasteiger partial charge on any atom is 0.270 e. The first-order chi connectivity index (χ1) is 17.0. The van der Waals surface area contributed by atoms with Gasteiger partial charge in [-0.25, -0.2) is 9.67 Å². The van der Waals surface area contributed by atoms with Crippen molar-refractivity contribution in [1.29, 1.82) is 0 Å². The van der Waals surface area contributed by atoms with Crippen molar-refractivity contribution in [2.24, 2.45) is 0 Å². The van der Waals surface area contributed by atoms with Crippen LogP contribution in [-0.2, 0) is 19.7 Å². The van der Waals surface area contributed by atoms with Crippen molar-refractivity contribution in [2.45, 2.75) is 33.5 Å². The van der Waals surface area contributed by atoms with E-state index in [2.05, 4.69) is 32.7 Å². The van der Waals surface area contributed by atoms with Crippen LogP contribution in [0.3, 0.4) is 0 Å². The smallest absolute Gasteiger partial charge is 0.270 e. The molecule has 2 aromatic carbocycles. The summed E-state index contributed by atoms with van der Waals surface area (Å²) in [5.74, 6) is 0.574. The monoisotopic (exact) mass is 466 g/mol. The lowest BCUT2D eigenvalue weighted by atomic mass is 10.2. The molecule has 0 fully saturated rings. The van der Waals surface area contributed by atoms with Crippen molar-refractivity contribution in [2.75, 3.05) is 0 Å². The Morgan fingerprint density at radius 1 is 0.943 bits per heavy atom. The molecular weight excluding hydrogens is 440 g/mol. The predicted molar refractivity (Wildman–Crippen MR) is 132 cm³/mol. The van der Waals surface area contributed by atoms with E-state index in [0.717, 1.165) is 28.2 Å². The van der Waals surface area contributed by atoms with Gasteiger partial charge in [0, 0.05) is 12.7 Å². The number of nitrogens with zero attached hydrogens (tertiary/aromatic N) is 5. The second kappa shape index (κ2) is 9.80. The summed E-state index contributed by atoms with van der Waals surface area (Å²) in [5.41, 5.74) is 6.00. The fourth-order valence-corrected chi connectivity index (χ4v) is 3.92. The molecule has 176 valence electrons. The standard InChI is InChI=1S/C27H26N6O2/c1-19-8-13-25-29-20(2)26(33(25)15-19)27(34)28-14-21-9-11-24(12-10-21)35-18-23-17-32(31-30-23)16-22-6-4-3-5-7-22/h3-13,15,17H,14,16,18H2,1-2H3,(H,28,34). The molecule has 0 radical (unpaired) electrons. The van der Waals surface area contributed by atoms with Crippen LogP contribution in [0.25, 0.3) is 5.65 Å². The molecule has 0 atom stereocenters. The number of aryl methyl sites for hydroxylation is 2. The SMILES string of the molecule is Cc1ccc2nc(C)c(C(=O)NCc3ccc(OCc4cn(Cc5ccccc5)nn4)cc3)n2c1. The number of amides is 1. The minimum Gasteiger partial charge on any atom is -0.487 e.